The minimum absolute atomic E-state index is 0.101. The quantitative estimate of drug-likeness (QED) is 0.400. The summed E-state index contributed by atoms with van der Waals surface area (Å²) in [4.78, 5) is 12.4. The van der Waals surface area contributed by atoms with E-state index in [2.05, 4.69) is 15.5 Å². The summed E-state index contributed by atoms with van der Waals surface area (Å²) < 4.78 is 1.94. The predicted octanol–water partition coefficient (Wildman–Crippen LogP) is 5.63. The minimum Gasteiger partial charge on any atom is -0.325 e. The molecule has 0 aliphatic heterocycles. The first-order valence-corrected chi connectivity index (χ1v) is 10.7. The predicted molar refractivity (Wildman–Crippen MR) is 122 cm³/mol. The zero-order valence-electron chi connectivity index (χ0n) is 16.2. The molecule has 0 aliphatic rings. The van der Waals surface area contributed by atoms with Gasteiger partial charge in [0.15, 0.2) is 11.0 Å². The van der Waals surface area contributed by atoms with Crippen molar-refractivity contribution in [1.29, 1.82) is 0 Å². The highest BCUT2D eigenvalue weighted by Gasteiger charge is 2.17. The number of anilines is 1. The van der Waals surface area contributed by atoms with Crippen molar-refractivity contribution in [2.24, 2.45) is 0 Å². The highest BCUT2D eigenvalue weighted by atomic mass is 35.5. The summed E-state index contributed by atoms with van der Waals surface area (Å²) >= 11 is 7.40. The van der Waals surface area contributed by atoms with Gasteiger partial charge in [0.25, 0.3) is 0 Å². The largest absolute Gasteiger partial charge is 0.325 e. The molecule has 1 aromatic heterocycles. The van der Waals surface area contributed by atoms with E-state index in [4.69, 9.17) is 11.6 Å². The number of thioether (sulfide) groups is 1. The number of hydrogen-bond donors (Lipinski definition) is 1. The summed E-state index contributed by atoms with van der Waals surface area (Å²) in [5, 5.41) is 12.9. The third-order valence-corrected chi connectivity index (χ3v) is 5.60. The van der Waals surface area contributed by atoms with E-state index in [0.29, 0.717) is 16.0 Å². The summed E-state index contributed by atoms with van der Waals surface area (Å²) in [6.07, 6.45) is 0. The van der Waals surface area contributed by atoms with E-state index < -0.39 is 0 Å². The monoisotopic (exact) mass is 434 g/mol. The van der Waals surface area contributed by atoms with Crippen molar-refractivity contribution in [2.75, 3.05) is 11.1 Å². The van der Waals surface area contributed by atoms with Crippen molar-refractivity contribution in [1.82, 2.24) is 14.8 Å². The van der Waals surface area contributed by atoms with Gasteiger partial charge < -0.3 is 5.32 Å². The van der Waals surface area contributed by atoms with Crippen LogP contribution in [-0.2, 0) is 4.79 Å². The van der Waals surface area contributed by atoms with Crippen LogP contribution in [0.1, 0.15) is 5.56 Å². The van der Waals surface area contributed by atoms with E-state index in [1.54, 1.807) is 0 Å². The van der Waals surface area contributed by atoms with E-state index in [0.717, 1.165) is 22.5 Å². The van der Waals surface area contributed by atoms with Crippen LogP contribution in [-0.4, -0.2) is 26.4 Å². The average molecular weight is 435 g/mol. The molecule has 1 amide bonds. The molecule has 0 fully saturated rings. The molecule has 0 spiro atoms. The maximum Gasteiger partial charge on any atom is 0.234 e. The Balaban J connectivity index is 1.58. The van der Waals surface area contributed by atoms with Gasteiger partial charge in [-0.2, -0.15) is 0 Å². The Kier molecular flexibility index (Phi) is 6.16. The van der Waals surface area contributed by atoms with Gasteiger partial charge in [0, 0.05) is 22.0 Å². The lowest BCUT2D eigenvalue weighted by Gasteiger charge is -2.11. The SMILES string of the molecule is Cc1ccc(NC(=O)CSc2nnc(-c3ccccc3)n2-c2ccc(Cl)cc2)cc1. The number of aromatic nitrogens is 3. The number of rotatable bonds is 6. The fraction of sp³-hybridized carbons (Fsp3) is 0.0870. The molecule has 1 N–H and O–H groups in total. The fourth-order valence-electron chi connectivity index (χ4n) is 2.92. The molecule has 0 aliphatic carbocycles. The van der Waals surface area contributed by atoms with Crippen molar-refractivity contribution < 1.29 is 4.79 Å². The van der Waals surface area contributed by atoms with Gasteiger partial charge in [0.2, 0.25) is 5.91 Å². The molecule has 0 atom stereocenters. The molecule has 5 nitrogen and oxygen atoms in total. The van der Waals surface area contributed by atoms with E-state index in [9.17, 15) is 4.79 Å². The number of carbonyl (C=O) groups excluding carboxylic acids is 1. The molecule has 0 saturated carbocycles. The van der Waals surface area contributed by atoms with Crippen LogP contribution in [0.3, 0.4) is 0 Å². The number of nitrogens with zero attached hydrogens (tertiary/aromatic N) is 3. The van der Waals surface area contributed by atoms with E-state index >= 15 is 0 Å². The van der Waals surface area contributed by atoms with E-state index in [1.165, 1.54) is 11.8 Å². The lowest BCUT2D eigenvalue weighted by molar-refractivity contribution is -0.113. The number of carbonyl (C=O) groups is 1. The third-order valence-electron chi connectivity index (χ3n) is 4.42. The Labute approximate surface area is 184 Å². The minimum atomic E-state index is -0.101. The summed E-state index contributed by atoms with van der Waals surface area (Å²) in [6.45, 7) is 2.01. The first-order chi connectivity index (χ1) is 14.6. The van der Waals surface area contributed by atoms with E-state index in [1.807, 2.05) is 90.4 Å². The summed E-state index contributed by atoms with van der Waals surface area (Å²) in [5.74, 6) is 0.823. The second-order valence-corrected chi connectivity index (χ2v) is 8.07. The van der Waals surface area contributed by atoms with Crippen molar-refractivity contribution >= 4 is 35.0 Å². The molecule has 0 saturated heterocycles. The zero-order chi connectivity index (χ0) is 20.9. The topological polar surface area (TPSA) is 59.8 Å². The molecule has 3 aromatic carbocycles. The third kappa shape index (κ3) is 4.72. The molecule has 0 radical (unpaired) electrons. The molecule has 0 unspecified atom stereocenters. The number of amides is 1. The smallest absolute Gasteiger partial charge is 0.234 e. The van der Waals surface area contributed by atoms with Crippen LogP contribution >= 0.6 is 23.4 Å². The standard InChI is InChI=1S/C23H19ClN4OS/c1-16-7-11-19(12-8-16)25-21(29)15-30-23-27-26-22(17-5-3-2-4-6-17)28(23)20-13-9-18(24)10-14-20/h2-14H,15H2,1H3,(H,25,29). The molecule has 4 aromatic rings. The van der Waals surface area contributed by atoms with Crippen molar-refractivity contribution in [3.8, 4) is 17.1 Å². The van der Waals surface area contributed by atoms with Crippen LogP contribution in [0.15, 0.2) is 84.0 Å². The van der Waals surface area contributed by atoms with Crippen LogP contribution in [0.4, 0.5) is 5.69 Å². The lowest BCUT2D eigenvalue weighted by Crippen LogP contribution is -2.14. The molecule has 0 bridgehead atoms. The van der Waals surface area contributed by atoms with Crippen LogP contribution in [0.5, 0.6) is 0 Å². The number of halogens is 1. The second kappa shape index (κ2) is 9.15. The lowest BCUT2D eigenvalue weighted by atomic mass is 10.2. The molecule has 7 heteroatoms. The Morgan fingerprint density at radius 1 is 0.967 bits per heavy atom. The molecule has 30 heavy (non-hydrogen) atoms. The van der Waals surface area contributed by atoms with Crippen molar-refractivity contribution in [2.45, 2.75) is 12.1 Å². The number of benzene rings is 3. The number of aryl methyl sites for hydroxylation is 1. The van der Waals surface area contributed by atoms with Gasteiger partial charge in [-0.15, -0.1) is 10.2 Å². The highest BCUT2D eigenvalue weighted by Crippen LogP contribution is 2.28. The van der Waals surface area contributed by atoms with Gasteiger partial charge in [0.05, 0.1) is 5.75 Å². The van der Waals surface area contributed by atoms with Gasteiger partial charge in [0.1, 0.15) is 0 Å². The zero-order valence-corrected chi connectivity index (χ0v) is 17.8. The maximum atomic E-state index is 12.4. The molecular weight excluding hydrogens is 416 g/mol. The molecular formula is C23H19ClN4OS. The summed E-state index contributed by atoms with van der Waals surface area (Å²) in [5.41, 5.74) is 3.74. The highest BCUT2D eigenvalue weighted by molar-refractivity contribution is 7.99. The summed E-state index contributed by atoms with van der Waals surface area (Å²) in [7, 11) is 0. The van der Waals surface area contributed by atoms with Crippen LogP contribution in [0, 0.1) is 6.92 Å². The van der Waals surface area contributed by atoms with Gasteiger partial charge in [-0.3, -0.25) is 9.36 Å². The number of nitrogens with one attached hydrogen (secondary N) is 1. The Morgan fingerprint density at radius 2 is 1.67 bits per heavy atom. The van der Waals surface area contributed by atoms with Crippen molar-refractivity contribution in [3.05, 3.63) is 89.4 Å². The van der Waals surface area contributed by atoms with Crippen LogP contribution < -0.4 is 5.32 Å². The maximum absolute atomic E-state index is 12.4. The van der Waals surface area contributed by atoms with Gasteiger partial charge in [-0.1, -0.05) is 71.4 Å². The second-order valence-electron chi connectivity index (χ2n) is 6.69. The Hall–Kier alpha value is -3.09. The van der Waals surface area contributed by atoms with Gasteiger partial charge in [-0.05, 0) is 43.3 Å². The van der Waals surface area contributed by atoms with Crippen molar-refractivity contribution in [3.63, 3.8) is 0 Å². The number of hydrogen-bond acceptors (Lipinski definition) is 4. The fourth-order valence-corrected chi connectivity index (χ4v) is 3.80. The van der Waals surface area contributed by atoms with Crippen LogP contribution in [0.25, 0.3) is 17.1 Å². The first kappa shape index (κ1) is 20.2. The summed E-state index contributed by atoms with van der Waals surface area (Å²) in [6, 6.07) is 25.0. The molecule has 4 rings (SSSR count). The van der Waals surface area contributed by atoms with E-state index in [-0.39, 0.29) is 11.7 Å². The average Bonchev–Trinajstić information content (AvgIpc) is 3.19. The molecule has 150 valence electrons. The van der Waals surface area contributed by atoms with Gasteiger partial charge in [-0.25, -0.2) is 0 Å². The normalized spacial score (nSPS) is 10.7. The Bertz CT molecular complexity index is 1140. The Morgan fingerprint density at radius 3 is 2.37 bits per heavy atom. The first-order valence-electron chi connectivity index (χ1n) is 9.36. The van der Waals surface area contributed by atoms with Gasteiger partial charge >= 0.3 is 0 Å². The molecule has 1 heterocycles. The van der Waals surface area contributed by atoms with Crippen LogP contribution in [0.2, 0.25) is 5.02 Å².